The summed E-state index contributed by atoms with van der Waals surface area (Å²) >= 11 is 0. The van der Waals surface area contributed by atoms with Crippen LogP contribution in [0.4, 0.5) is 5.69 Å². The van der Waals surface area contributed by atoms with Crippen LogP contribution < -0.4 is 10.6 Å². The molecule has 1 fully saturated rings. The molecule has 0 aromatic heterocycles. The summed E-state index contributed by atoms with van der Waals surface area (Å²) in [7, 11) is 0. The highest BCUT2D eigenvalue weighted by atomic mass is 16.5. The lowest BCUT2D eigenvalue weighted by Gasteiger charge is -2.19. The van der Waals surface area contributed by atoms with Crippen molar-refractivity contribution in [2.24, 2.45) is 11.7 Å². The van der Waals surface area contributed by atoms with Crippen molar-refractivity contribution in [3.8, 4) is 0 Å². The maximum absolute atomic E-state index is 12.5. The summed E-state index contributed by atoms with van der Waals surface area (Å²) in [5.74, 6) is -2.11. The smallest absolute Gasteiger partial charge is 0.312 e. The van der Waals surface area contributed by atoms with Crippen molar-refractivity contribution in [1.29, 1.82) is 0 Å². The Balaban J connectivity index is 1.70. The number of esters is 1. The van der Waals surface area contributed by atoms with E-state index in [1.165, 1.54) is 5.56 Å². The molecule has 0 spiro atoms. The molecule has 2 aromatic carbocycles. The standard InChI is InChI=1S/C21H22N2O4/c1-2-14-8-10-17(11-9-14)23-13-16(12-18(23)24)21(26)27-19(20(22)25)15-6-4-3-5-7-15/h3-11,16,19H,2,12-13H2,1H3,(H2,22,25)/t16-,19+/m0/s1. The van der Waals surface area contributed by atoms with Gasteiger partial charge in [-0.05, 0) is 24.1 Å². The number of aryl methyl sites for hydroxylation is 1. The van der Waals surface area contributed by atoms with Gasteiger partial charge < -0.3 is 15.4 Å². The van der Waals surface area contributed by atoms with Gasteiger partial charge in [0.15, 0.2) is 0 Å². The van der Waals surface area contributed by atoms with Gasteiger partial charge in [-0.3, -0.25) is 14.4 Å². The number of carbonyl (C=O) groups excluding carboxylic acids is 3. The maximum Gasteiger partial charge on any atom is 0.312 e. The van der Waals surface area contributed by atoms with E-state index in [1.807, 2.05) is 24.3 Å². The topological polar surface area (TPSA) is 89.7 Å². The molecule has 2 amide bonds. The van der Waals surface area contributed by atoms with Gasteiger partial charge in [0.2, 0.25) is 12.0 Å². The van der Waals surface area contributed by atoms with Crippen LogP contribution in [0.5, 0.6) is 0 Å². The number of carbonyl (C=O) groups is 3. The largest absolute Gasteiger partial charge is 0.447 e. The Hall–Kier alpha value is -3.15. The summed E-state index contributed by atoms with van der Waals surface area (Å²) in [6.07, 6.45) is -0.196. The van der Waals surface area contributed by atoms with E-state index < -0.39 is 23.9 Å². The van der Waals surface area contributed by atoms with Gasteiger partial charge in [-0.2, -0.15) is 0 Å². The summed E-state index contributed by atoms with van der Waals surface area (Å²) in [6, 6.07) is 16.3. The molecule has 140 valence electrons. The van der Waals surface area contributed by atoms with Crippen LogP contribution in [0.3, 0.4) is 0 Å². The fourth-order valence-electron chi connectivity index (χ4n) is 3.16. The molecule has 1 aliphatic heterocycles. The second-order valence-corrected chi connectivity index (χ2v) is 6.56. The van der Waals surface area contributed by atoms with Crippen LogP contribution in [0.1, 0.15) is 30.6 Å². The van der Waals surface area contributed by atoms with Crippen molar-refractivity contribution >= 4 is 23.5 Å². The number of rotatable bonds is 6. The van der Waals surface area contributed by atoms with E-state index in [-0.39, 0.29) is 18.9 Å². The summed E-state index contributed by atoms with van der Waals surface area (Å²) in [4.78, 5) is 38.2. The fourth-order valence-corrected chi connectivity index (χ4v) is 3.16. The molecule has 27 heavy (non-hydrogen) atoms. The number of anilines is 1. The Morgan fingerprint density at radius 3 is 2.41 bits per heavy atom. The van der Waals surface area contributed by atoms with Crippen LogP contribution in [0.2, 0.25) is 0 Å². The summed E-state index contributed by atoms with van der Waals surface area (Å²) < 4.78 is 5.36. The van der Waals surface area contributed by atoms with Gasteiger partial charge >= 0.3 is 5.97 Å². The van der Waals surface area contributed by atoms with Gasteiger partial charge in [0.05, 0.1) is 5.92 Å². The van der Waals surface area contributed by atoms with Gasteiger partial charge in [-0.1, -0.05) is 49.4 Å². The van der Waals surface area contributed by atoms with Crippen LogP contribution in [0.15, 0.2) is 54.6 Å². The minimum Gasteiger partial charge on any atom is -0.447 e. The Morgan fingerprint density at radius 2 is 1.81 bits per heavy atom. The predicted molar refractivity (Wildman–Crippen MR) is 101 cm³/mol. The maximum atomic E-state index is 12.5. The monoisotopic (exact) mass is 366 g/mol. The first kappa shape index (κ1) is 18.6. The first-order chi connectivity index (χ1) is 13.0. The Labute approximate surface area is 157 Å². The number of hydrogen-bond acceptors (Lipinski definition) is 4. The second-order valence-electron chi connectivity index (χ2n) is 6.56. The number of nitrogens with two attached hydrogens (primary N) is 1. The van der Waals surface area contributed by atoms with Crippen molar-refractivity contribution in [2.75, 3.05) is 11.4 Å². The Morgan fingerprint density at radius 1 is 1.15 bits per heavy atom. The number of ether oxygens (including phenoxy) is 1. The van der Waals surface area contributed by atoms with Crippen LogP contribution in [0, 0.1) is 5.92 Å². The normalized spacial score (nSPS) is 17.6. The summed E-state index contributed by atoms with van der Waals surface area (Å²) in [6.45, 7) is 2.29. The molecule has 2 N–H and O–H groups in total. The molecule has 0 unspecified atom stereocenters. The Bertz CT molecular complexity index is 833. The molecule has 1 saturated heterocycles. The third kappa shape index (κ3) is 4.16. The van der Waals surface area contributed by atoms with E-state index in [4.69, 9.17) is 10.5 Å². The van der Waals surface area contributed by atoms with Crippen molar-refractivity contribution in [3.05, 3.63) is 65.7 Å². The molecule has 0 aliphatic carbocycles. The van der Waals surface area contributed by atoms with Crippen LogP contribution >= 0.6 is 0 Å². The lowest BCUT2D eigenvalue weighted by Crippen LogP contribution is -2.30. The molecule has 3 rings (SSSR count). The highest BCUT2D eigenvalue weighted by Gasteiger charge is 2.38. The third-order valence-corrected chi connectivity index (χ3v) is 4.71. The SMILES string of the molecule is CCc1ccc(N2C[C@@H](C(=O)O[C@@H](C(N)=O)c3ccccc3)CC2=O)cc1. The Kier molecular flexibility index (Phi) is 5.54. The molecule has 6 nitrogen and oxygen atoms in total. The quantitative estimate of drug-likeness (QED) is 0.795. The lowest BCUT2D eigenvalue weighted by atomic mass is 10.1. The van der Waals surface area contributed by atoms with Crippen LogP contribution in [0.25, 0.3) is 0 Å². The zero-order chi connectivity index (χ0) is 19.4. The highest BCUT2D eigenvalue weighted by molar-refractivity contribution is 5.99. The van der Waals surface area contributed by atoms with Gasteiger partial charge in [0.25, 0.3) is 5.91 Å². The van der Waals surface area contributed by atoms with Gasteiger partial charge in [0, 0.05) is 24.2 Å². The van der Waals surface area contributed by atoms with E-state index >= 15 is 0 Å². The number of benzene rings is 2. The van der Waals surface area contributed by atoms with Crippen LogP contribution in [-0.4, -0.2) is 24.3 Å². The van der Waals surface area contributed by atoms with Crippen LogP contribution in [-0.2, 0) is 25.5 Å². The van der Waals surface area contributed by atoms with Crippen molar-refractivity contribution in [1.82, 2.24) is 0 Å². The minimum atomic E-state index is -1.16. The van der Waals surface area contributed by atoms with Gasteiger partial charge in [-0.25, -0.2) is 0 Å². The van der Waals surface area contributed by atoms with Gasteiger partial charge in [-0.15, -0.1) is 0 Å². The first-order valence-electron chi connectivity index (χ1n) is 8.93. The number of amides is 2. The summed E-state index contributed by atoms with van der Waals surface area (Å²) in [5, 5.41) is 0. The zero-order valence-electron chi connectivity index (χ0n) is 15.1. The van der Waals surface area contributed by atoms with Crippen molar-refractivity contribution < 1.29 is 19.1 Å². The van der Waals surface area contributed by atoms with Crippen molar-refractivity contribution in [3.63, 3.8) is 0 Å². The molecule has 6 heteroatoms. The number of primary amides is 1. The second kappa shape index (κ2) is 8.03. The molecule has 2 atom stereocenters. The van der Waals surface area contributed by atoms with E-state index in [9.17, 15) is 14.4 Å². The van der Waals surface area contributed by atoms with E-state index in [0.29, 0.717) is 5.56 Å². The first-order valence-corrected chi connectivity index (χ1v) is 8.93. The molecule has 0 bridgehead atoms. The van der Waals surface area contributed by atoms with E-state index in [0.717, 1.165) is 12.1 Å². The third-order valence-electron chi connectivity index (χ3n) is 4.71. The molecule has 0 radical (unpaired) electrons. The number of nitrogens with zero attached hydrogens (tertiary/aromatic N) is 1. The number of hydrogen-bond donors (Lipinski definition) is 1. The highest BCUT2D eigenvalue weighted by Crippen LogP contribution is 2.28. The van der Waals surface area contributed by atoms with Gasteiger partial charge in [0.1, 0.15) is 0 Å². The van der Waals surface area contributed by atoms with Crippen molar-refractivity contribution in [2.45, 2.75) is 25.9 Å². The summed E-state index contributed by atoms with van der Waals surface area (Å²) in [5.41, 5.74) is 7.83. The predicted octanol–water partition coefficient (Wildman–Crippen LogP) is 2.37. The fraction of sp³-hybridized carbons (Fsp3) is 0.286. The lowest BCUT2D eigenvalue weighted by molar-refractivity contribution is -0.159. The molecule has 0 saturated carbocycles. The molecular formula is C21H22N2O4. The molecule has 1 aliphatic rings. The average molecular weight is 366 g/mol. The molecule has 2 aromatic rings. The molecular weight excluding hydrogens is 344 g/mol. The molecule has 1 heterocycles. The minimum absolute atomic E-state index is 0.0502. The van der Waals surface area contributed by atoms with E-state index in [1.54, 1.807) is 35.2 Å². The average Bonchev–Trinajstić information content (AvgIpc) is 3.08. The zero-order valence-corrected chi connectivity index (χ0v) is 15.1. The van der Waals surface area contributed by atoms with E-state index in [2.05, 4.69) is 6.92 Å².